The minimum Gasteiger partial charge on any atom is -0.497 e. The smallest absolute Gasteiger partial charge is 0.226 e. The normalized spacial score (nSPS) is 12.0. The summed E-state index contributed by atoms with van der Waals surface area (Å²) in [5.41, 5.74) is 1.20. The number of hydrogen-bond donors (Lipinski definition) is 1. The van der Waals surface area contributed by atoms with Crippen LogP contribution in [0.5, 0.6) is 11.6 Å². The third-order valence-electron chi connectivity index (χ3n) is 3.42. The first kappa shape index (κ1) is 16.0. The molecule has 118 valence electrons. The van der Waals surface area contributed by atoms with Gasteiger partial charge in [-0.1, -0.05) is 12.1 Å². The molecule has 22 heavy (non-hydrogen) atoms. The topological polar surface area (TPSA) is 59.5 Å². The number of aromatic nitrogens is 2. The SMILES string of the molecule is COc1ccc([C@@H](CNc2nccc(OC)n2)N(C)C)cc1. The Labute approximate surface area is 131 Å². The van der Waals surface area contributed by atoms with Crippen molar-refractivity contribution in [1.29, 1.82) is 0 Å². The Kier molecular flexibility index (Phi) is 5.55. The summed E-state index contributed by atoms with van der Waals surface area (Å²) in [7, 11) is 7.35. The van der Waals surface area contributed by atoms with Crippen molar-refractivity contribution in [3.05, 3.63) is 42.1 Å². The molecule has 0 bridgehead atoms. The molecule has 0 saturated heterocycles. The van der Waals surface area contributed by atoms with Gasteiger partial charge in [-0.05, 0) is 31.8 Å². The van der Waals surface area contributed by atoms with Gasteiger partial charge in [0.1, 0.15) is 5.75 Å². The minimum atomic E-state index is 0.195. The highest BCUT2D eigenvalue weighted by Crippen LogP contribution is 2.21. The molecular formula is C16H22N4O2. The quantitative estimate of drug-likeness (QED) is 0.846. The van der Waals surface area contributed by atoms with Gasteiger partial charge in [0.25, 0.3) is 0 Å². The zero-order valence-electron chi connectivity index (χ0n) is 13.4. The van der Waals surface area contributed by atoms with Gasteiger partial charge in [-0.25, -0.2) is 4.98 Å². The van der Waals surface area contributed by atoms with E-state index in [9.17, 15) is 0 Å². The summed E-state index contributed by atoms with van der Waals surface area (Å²) in [5.74, 6) is 1.95. The Morgan fingerprint density at radius 2 is 1.82 bits per heavy atom. The molecule has 1 heterocycles. The second-order valence-corrected chi connectivity index (χ2v) is 5.06. The van der Waals surface area contributed by atoms with Crippen molar-refractivity contribution in [3.63, 3.8) is 0 Å². The first-order valence-corrected chi connectivity index (χ1v) is 7.05. The maximum absolute atomic E-state index is 5.20. The average molecular weight is 302 g/mol. The van der Waals surface area contributed by atoms with Crippen molar-refractivity contribution in [2.75, 3.05) is 40.2 Å². The lowest BCUT2D eigenvalue weighted by Gasteiger charge is -2.25. The van der Waals surface area contributed by atoms with Crippen molar-refractivity contribution < 1.29 is 9.47 Å². The van der Waals surface area contributed by atoms with Crippen molar-refractivity contribution in [3.8, 4) is 11.6 Å². The molecule has 1 aromatic carbocycles. The van der Waals surface area contributed by atoms with Gasteiger partial charge in [-0.3, -0.25) is 0 Å². The molecule has 2 aromatic rings. The van der Waals surface area contributed by atoms with Gasteiger partial charge in [-0.15, -0.1) is 0 Å². The van der Waals surface area contributed by atoms with E-state index in [1.165, 1.54) is 5.56 Å². The number of methoxy groups -OCH3 is 2. The van der Waals surface area contributed by atoms with Crippen LogP contribution in [0.1, 0.15) is 11.6 Å². The van der Waals surface area contributed by atoms with E-state index in [0.29, 0.717) is 18.4 Å². The molecule has 0 amide bonds. The van der Waals surface area contributed by atoms with Crippen LogP contribution < -0.4 is 14.8 Å². The molecule has 0 spiro atoms. The Morgan fingerprint density at radius 1 is 1.09 bits per heavy atom. The van der Waals surface area contributed by atoms with E-state index in [1.54, 1.807) is 26.5 Å². The fraction of sp³-hybridized carbons (Fsp3) is 0.375. The molecule has 1 aromatic heterocycles. The van der Waals surface area contributed by atoms with E-state index < -0.39 is 0 Å². The largest absolute Gasteiger partial charge is 0.497 e. The molecule has 0 aliphatic heterocycles. The van der Waals surface area contributed by atoms with Crippen LogP contribution in [0.2, 0.25) is 0 Å². The second-order valence-electron chi connectivity index (χ2n) is 5.06. The lowest BCUT2D eigenvalue weighted by molar-refractivity contribution is 0.311. The first-order chi connectivity index (χ1) is 10.6. The van der Waals surface area contributed by atoms with E-state index in [-0.39, 0.29) is 6.04 Å². The van der Waals surface area contributed by atoms with Gasteiger partial charge in [0.15, 0.2) is 0 Å². The summed E-state index contributed by atoms with van der Waals surface area (Å²) in [5, 5.41) is 3.25. The average Bonchev–Trinajstić information content (AvgIpc) is 2.55. The van der Waals surface area contributed by atoms with Crippen molar-refractivity contribution in [2.45, 2.75) is 6.04 Å². The van der Waals surface area contributed by atoms with Crippen LogP contribution in [0.4, 0.5) is 5.95 Å². The molecular weight excluding hydrogens is 280 g/mol. The van der Waals surface area contributed by atoms with Crippen molar-refractivity contribution >= 4 is 5.95 Å². The predicted molar refractivity (Wildman–Crippen MR) is 86.5 cm³/mol. The van der Waals surface area contributed by atoms with Crippen LogP contribution in [-0.4, -0.2) is 49.7 Å². The Hall–Kier alpha value is -2.34. The number of likely N-dealkylation sites (N-methyl/N-ethyl adjacent to an activating group) is 1. The van der Waals surface area contributed by atoms with Crippen molar-refractivity contribution in [1.82, 2.24) is 14.9 Å². The molecule has 0 aliphatic carbocycles. The van der Waals surface area contributed by atoms with Crippen LogP contribution in [0, 0.1) is 0 Å². The van der Waals surface area contributed by atoms with Crippen LogP contribution in [0.15, 0.2) is 36.5 Å². The number of nitrogens with one attached hydrogen (secondary N) is 1. The summed E-state index contributed by atoms with van der Waals surface area (Å²) in [6.45, 7) is 0.687. The number of benzene rings is 1. The monoisotopic (exact) mass is 302 g/mol. The fourth-order valence-corrected chi connectivity index (χ4v) is 2.15. The van der Waals surface area contributed by atoms with E-state index in [2.05, 4.69) is 32.3 Å². The number of rotatable bonds is 7. The molecule has 0 fully saturated rings. The molecule has 1 atom stereocenters. The number of ether oxygens (including phenoxy) is 2. The molecule has 1 N–H and O–H groups in total. The molecule has 0 radical (unpaired) electrons. The standard InChI is InChI=1S/C16H22N4O2/c1-20(2)14(12-5-7-13(21-3)8-6-12)11-18-16-17-10-9-15(19-16)22-4/h5-10,14H,11H2,1-4H3,(H,17,18,19)/t14-/m1/s1. The van der Waals surface area contributed by atoms with Gasteiger partial charge in [0, 0.05) is 18.8 Å². The maximum Gasteiger partial charge on any atom is 0.226 e. The van der Waals surface area contributed by atoms with E-state index in [0.717, 1.165) is 5.75 Å². The maximum atomic E-state index is 5.20. The minimum absolute atomic E-state index is 0.195. The summed E-state index contributed by atoms with van der Waals surface area (Å²) in [4.78, 5) is 10.6. The van der Waals surface area contributed by atoms with E-state index in [4.69, 9.17) is 9.47 Å². The Balaban J connectivity index is 2.07. The molecule has 2 rings (SSSR count). The highest BCUT2D eigenvalue weighted by atomic mass is 16.5. The molecule has 6 heteroatoms. The highest BCUT2D eigenvalue weighted by Gasteiger charge is 2.14. The van der Waals surface area contributed by atoms with Crippen molar-refractivity contribution in [2.24, 2.45) is 0 Å². The third kappa shape index (κ3) is 4.08. The van der Waals surface area contributed by atoms with Gasteiger partial charge in [0.05, 0.1) is 20.3 Å². The first-order valence-electron chi connectivity index (χ1n) is 7.05. The van der Waals surface area contributed by atoms with E-state index >= 15 is 0 Å². The second kappa shape index (κ2) is 7.61. The van der Waals surface area contributed by atoms with Crippen LogP contribution >= 0.6 is 0 Å². The Morgan fingerprint density at radius 3 is 2.41 bits per heavy atom. The molecule has 0 saturated carbocycles. The zero-order valence-corrected chi connectivity index (χ0v) is 13.4. The summed E-state index contributed by atoms with van der Waals surface area (Å²) >= 11 is 0. The lowest BCUT2D eigenvalue weighted by Crippen LogP contribution is -2.27. The molecule has 0 aliphatic rings. The van der Waals surface area contributed by atoms with Gasteiger partial charge in [0.2, 0.25) is 11.8 Å². The van der Waals surface area contributed by atoms with Gasteiger partial charge in [-0.2, -0.15) is 4.98 Å². The van der Waals surface area contributed by atoms with Crippen LogP contribution in [0.25, 0.3) is 0 Å². The molecule has 0 unspecified atom stereocenters. The number of hydrogen-bond acceptors (Lipinski definition) is 6. The number of nitrogens with zero attached hydrogens (tertiary/aromatic N) is 3. The fourth-order valence-electron chi connectivity index (χ4n) is 2.15. The third-order valence-corrected chi connectivity index (χ3v) is 3.42. The summed E-state index contributed by atoms with van der Waals surface area (Å²) in [6, 6.07) is 9.98. The van der Waals surface area contributed by atoms with Crippen LogP contribution in [0.3, 0.4) is 0 Å². The van der Waals surface area contributed by atoms with E-state index in [1.807, 2.05) is 26.2 Å². The van der Waals surface area contributed by atoms with Gasteiger partial charge < -0.3 is 19.7 Å². The molecule has 6 nitrogen and oxygen atoms in total. The zero-order chi connectivity index (χ0) is 15.9. The summed E-state index contributed by atoms with van der Waals surface area (Å²) < 4.78 is 10.3. The number of anilines is 1. The predicted octanol–water partition coefficient (Wildman–Crippen LogP) is 2.21. The Bertz CT molecular complexity index is 587. The highest BCUT2D eigenvalue weighted by molar-refractivity contribution is 5.32. The lowest BCUT2D eigenvalue weighted by atomic mass is 10.1. The van der Waals surface area contributed by atoms with Crippen LogP contribution in [-0.2, 0) is 0 Å². The van der Waals surface area contributed by atoms with Gasteiger partial charge >= 0.3 is 0 Å². The summed E-state index contributed by atoms with van der Waals surface area (Å²) in [6.07, 6.45) is 1.67.